The zero-order valence-corrected chi connectivity index (χ0v) is 22.6. The second-order valence-corrected chi connectivity index (χ2v) is 11.6. The molecule has 0 aliphatic heterocycles. The zero-order valence-electron chi connectivity index (χ0n) is 21.7. The molecule has 8 nitrogen and oxygen atoms in total. The van der Waals surface area contributed by atoms with Gasteiger partial charge >= 0.3 is 0 Å². The SMILES string of the molecule is CCN(CCOC)C1CCC(c2cnc3c(c2)c(-c2cnn(C)c2)cn3S(=O)(=O)c2ccccc2)CC1. The van der Waals surface area contributed by atoms with Gasteiger partial charge in [-0.25, -0.2) is 17.4 Å². The Hall–Kier alpha value is -3.01. The molecule has 0 spiro atoms. The van der Waals surface area contributed by atoms with Crippen LogP contribution in [0, 0.1) is 0 Å². The summed E-state index contributed by atoms with van der Waals surface area (Å²) in [5.41, 5.74) is 3.30. The lowest BCUT2D eigenvalue weighted by molar-refractivity contribution is 0.103. The lowest BCUT2D eigenvalue weighted by atomic mass is 9.81. The molecule has 1 saturated carbocycles. The lowest BCUT2D eigenvalue weighted by Crippen LogP contribution is -2.39. The average Bonchev–Trinajstić information content (AvgIpc) is 3.53. The molecule has 0 saturated heterocycles. The van der Waals surface area contributed by atoms with Crippen molar-refractivity contribution in [3.63, 3.8) is 0 Å². The van der Waals surface area contributed by atoms with Crippen LogP contribution in [-0.2, 0) is 21.8 Å². The monoisotopic (exact) mass is 521 g/mol. The molecule has 1 fully saturated rings. The van der Waals surface area contributed by atoms with Gasteiger partial charge in [0.1, 0.15) is 0 Å². The van der Waals surface area contributed by atoms with E-state index in [1.165, 1.54) is 9.54 Å². The highest BCUT2D eigenvalue weighted by molar-refractivity contribution is 7.90. The molecule has 0 N–H and O–H groups in total. The van der Waals surface area contributed by atoms with Crippen LogP contribution in [0.4, 0.5) is 0 Å². The quantitative estimate of drug-likeness (QED) is 0.318. The fourth-order valence-corrected chi connectivity index (χ4v) is 6.93. The normalized spacial score (nSPS) is 18.6. The van der Waals surface area contributed by atoms with Crippen LogP contribution in [-0.4, -0.2) is 64.9 Å². The van der Waals surface area contributed by atoms with Gasteiger partial charge in [0, 0.05) is 61.8 Å². The van der Waals surface area contributed by atoms with Gasteiger partial charge in [-0.3, -0.25) is 9.58 Å². The number of aromatic nitrogens is 4. The molecule has 3 aromatic heterocycles. The molecule has 0 radical (unpaired) electrons. The summed E-state index contributed by atoms with van der Waals surface area (Å²) in [6.45, 7) is 4.97. The number of ether oxygens (including phenoxy) is 1. The van der Waals surface area contributed by atoms with E-state index in [4.69, 9.17) is 9.72 Å². The number of fused-ring (bicyclic) bond motifs is 1. The number of nitrogens with zero attached hydrogens (tertiary/aromatic N) is 5. The van der Waals surface area contributed by atoms with Gasteiger partial charge in [0.15, 0.2) is 5.65 Å². The molecule has 0 bridgehead atoms. The highest BCUT2D eigenvalue weighted by Gasteiger charge is 2.28. The fraction of sp³-hybridized carbons (Fsp3) is 0.429. The van der Waals surface area contributed by atoms with Crippen LogP contribution in [0.3, 0.4) is 0 Å². The highest BCUT2D eigenvalue weighted by atomic mass is 32.2. The van der Waals surface area contributed by atoms with E-state index in [2.05, 4.69) is 23.0 Å². The van der Waals surface area contributed by atoms with Gasteiger partial charge in [0.25, 0.3) is 10.0 Å². The Morgan fingerprint density at radius 3 is 2.49 bits per heavy atom. The summed E-state index contributed by atoms with van der Waals surface area (Å²) in [6, 6.07) is 11.2. The van der Waals surface area contributed by atoms with Crippen molar-refractivity contribution in [1.29, 1.82) is 0 Å². The second-order valence-electron chi connectivity index (χ2n) is 9.83. The van der Waals surface area contributed by atoms with Crippen LogP contribution in [0.25, 0.3) is 22.2 Å². The molecular formula is C28H35N5O3S. The van der Waals surface area contributed by atoms with E-state index in [-0.39, 0.29) is 4.90 Å². The van der Waals surface area contributed by atoms with Crippen molar-refractivity contribution in [2.45, 2.75) is 49.5 Å². The van der Waals surface area contributed by atoms with Gasteiger partial charge < -0.3 is 4.74 Å². The largest absolute Gasteiger partial charge is 0.383 e. The van der Waals surface area contributed by atoms with Crippen molar-refractivity contribution in [1.82, 2.24) is 23.6 Å². The van der Waals surface area contributed by atoms with Crippen LogP contribution in [0.2, 0.25) is 0 Å². The molecule has 3 heterocycles. The van der Waals surface area contributed by atoms with E-state index in [1.54, 1.807) is 48.5 Å². The summed E-state index contributed by atoms with van der Waals surface area (Å²) in [7, 11) is -0.185. The number of methoxy groups -OCH3 is 1. The second kappa shape index (κ2) is 10.8. The smallest absolute Gasteiger partial charge is 0.269 e. The van der Waals surface area contributed by atoms with Gasteiger partial charge in [0.2, 0.25) is 0 Å². The highest BCUT2D eigenvalue weighted by Crippen LogP contribution is 2.38. The van der Waals surface area contributed by atoms with Crippen molar-refractivity contribution in [3.8, 4) is 11.1 Å². The van der Waals surface area contributed by atoms with Crippen LogP contribution in [0.1, 0.15) is 44.1 Å². The first-order chi connectivity index (χ1) is 17.9. The fourth-order valence-electron chi connectivity index (χ4n) is 5.58. The maximum absolute atomic E-state index is 13.6. The molecule has 1 aliphatic carbocycles. The number of rotatable bonds is 9. The van der Waals surface area contributed by atoms with Gasteiger partial charge in [-0.2, -0.15) is 5.10 Å². The summed E-state index contributed by atoms with van der Waals surface area (Å²) in [6.07, 6.45) is 11.7. The van der Waals surface area contributed by atoms with Crippen LogP contribution >= 0.6 is 0 Å². The number of benzene rings is 1. The Balaban J connectivity index is 1.50. The molecule has 0 atom stereocenters. The average molecular weight is 522 g/mol. The van der Waals surface area contributed by atoms with Gasteiger partial charge in [-0.05, 0) is 61.9 Å². The first-order valence-electron chi connectivity index (χ1n) is 13.0. The lowest BCUT2D eigenvalue weighted by Gasteiger charge is -2.36. The molecule has 0 amide bonds. The van der Waals surface area contributed by atoms with E-state index in [0.717, 1.165) is 61.9 Å². The van der Waals surface area contributed by atoms with Crippen LogP contribution < -0.4 is 0 Å². The van der Waals surface area contributed by atoms with Gasteiger partial charge in [-0.15, -0.1) is 0 Å². The summed E-state index contributed by atoms with van der Waals surface area (Å²) < 4.78 is 35.5. The van der Waals surface area contributed by atoms with Crippen LogP contribution in [0.5, 0.6) is 0 Å². The standard InChI is InChI=1S/C28H35N5O3S/c1-4-32(14-15-36-3)24-12-10-21(11-13-24)22-16-26-27(23-18-30-31(2)19-23)20-33(28(26)29-17-22)37(34,35)25-8-6-5-7-9-25/h5-9,16-21,24H,4,10-15H2,1-3H3. The Bertz CT molecular complexity index is 1450. The van der Waals surface area contributed by atoms with E-state index in [9.17, 15) is 8.42 Å². The minimum Gasteiger partial charge on any atom is -0.383 e. The van der Waals surface area contributed by atoms with E-state index >= 15 is 0 Å². The van der Waals surface area contributed by atoms with E-state index in [0.29, 0.717) is 17.6 Å². The number of hydrogen-bond donors (Lipinski definition) is 0. The molecule has 0 unspecified atom stereocenters. The van der Waals surface area contributed by atoms with Crippen molar-refractivity contribution in [2.24, 2.45) is 7.05 Å². The van der Waals surface area contributed by atoms with Gasteiger partial charge in [-0.1, -0.05) is 25.1 Å². The van der Waals surface area contributed by atoms with E-state index in [1.807, 2.05) is 25.5 Å². The Morgan fingerprint density at radius 1 is 1.08 bits per heavy atom. The number of hydrogen-bond acceptors (Lipinski definition) is 6. The molecule has 1 aliphatic rings. The maximum atomic E-state index is 13.6. The predicted molar refractivity (Wildman–Crippen MR) is 145 cm³/mol. The zero-order chi connectivity index (χ0) is 26.0. The summed E-state index contributed by atoms with van der Waals surface area (Å²) in [5.74, 6) is 0.408. The minimum atomic E-state index is -3.80. The number of aryl methyl sites for hydroxylation is 1. The Labute approximate surface area is 218 Å². The summed E-state index contributed by atoms with van der Waals surface area (Å²) in [5, 5.41) is 5.16. The number of pyridine rings is 1. The van der Waals surface area contributed by atoms with Crippen molar-refractivity contribution in [2.75, 3.05) is 26.8 Å². The van der Waals surface area contributed by atoms with E-state index < -0.39 is 10.0 Å². The molecule has 9 heteroatoms. The van der Waals surface area contributed by atoms with Crippen molar-refractivity contribution in [3.05, 3.63) is 66.7 Å². The molecule has 4 aromatic rings. The topological polar surface area (TPSA) is 82.2 Å². The first kappa shape index (κ1) is 25.6. The molecule has 1 aromatic carbocycles. The Kier molecular flexibility index (Phi) is 7.46. The van der Waals surface area contributed by atoms with Crippen LogP contribution in [0.15, 0.2) is 66.1 Å². The molecule has 37 heavy (non-hydrogen) atoms. The third kappa shape index (κ3) is 5.08. The van der Waals surface area contributed by atoms with Crippen molar-refractivity contribution >= 4 is 21.1 Å². The maximum Gasteiger partial charge on any atom is 0.269 e. The third-order valence-corrected chi connectivity index (χ3v) is 9.29. The summed E-state index contributed by atoms with van der Waals surface area (Å²) in [4.78, 5) is 7.50. The number of likely N-dealkylation sites (N-methyl/N-ethyl adjacent to an activating group) is 1. The summed E-state index contributed by atoms with van der Waals surface area (Å²) >= 11 is 0. The minimum absolute atomic E-state index is 0.239. The molecule has 5 rings (SSSR count). The Morgan fingerprint density at radius 2 is 1.84 bits per heavy atom. The predicted octanol–water partition coefficient (Wildman–Crippen LogP) is 4.67. The van der Waals surface area contributed by atoms with Gasteiger partial charge in [0.05, 0.1) is 17.7 Å². The molecular weight excluding hydrogens is 486 g/mol. The third-order valence-electron chi connectivity index (χ3n) is 7.62. The molecule has 196 valence electrons. The first-order valence-corrected chi connectivity index (χ1v) is 14.4. The van der Waals surface area contributed by atoms with Crippen molar-refractivity contribution < 1.29 is 13.2 Å².